The van der Waals surface area contributed by atoms with Crippen LogP contribution in [0.3, 0.4) is 0 Å². The van der Waals surface area contributed by atoms with Gasteiger partial charge in [-0.2, -0.15) is 8.78 Å². The number of methoxy groups -OCH3 is 2. The van der Waals surface area contributed by atoms with Crippen LogP contribution in [0.15, 0.2) is 82.7 Å². The highest BCUT2D eigenvalue weighted by Crippen LogP contribution is 2.43. The molecule has 5 rings (SSSR count). The van der Waals surface area contributed by atoms with E-state index >= 15 is 0 Å². The van der Waals surface area contributed by atoms with E-state index in [9.17, 15) is 13.6 Å². The smallest absolute Gasteiger partial charge is 0.394 e. The summed E-state index contributed by atoms with van der Waals surface area (Å²) >= 11 is 1.83. The summed E-state index contributed by atoms with van der Waals surface area (Å²) in [6, 6.07) is 15.3. The Morgan fingerprint density at radius 1 is 0.955 bits per heavy atom. The molecule has 7 heteroatoms. The molecule has 0 aromatic heterocycles. The number of ether oxygens (including phenoxy) is 3. The minimum atomic E-state index is -3.24. The lowest BCUT2D eigenvalue weighted by Gasteiger charge is -2.25. The van der Waals surface area contributed by atoms with Gasteiger partial charge in [0.15, 0.2) is 5.78 Å². The molecule has 0 radical (unpaired) electrons. The van der Waals surface area contributed by atoms with Crippen LogP contribution >= 0.6 is 11.8 Å². The minimum Gasteiger partial charge on any atom is -0.501 e. The van der Waals surface area contributed by atoms with E-state index in [0.717, 1.165) is 86.5 Å². The van der Waals surface area contributed by atoms with E-state index in [1.807, 2.05) is 30.0 Å². The zero-order chi connectivity index (χ0) is 31.1. The second-order valence-corrected chi connectivity index (χ2v) is 13.5. The van der Waals surface area contributed by atoms with Crippen molar-refractivity contribution >= 4 is 17.5 Å². The lowest BCUT2D eigenvalue weighted by molar-refractivity contribution is -0.158. The molecule has 1 saturated carbocycles. The van der Waals surface area contributed by atoms with E-state index in [1.54, 1.807) is 32.4 Å². The van der Waals surface area contributed by atoms with Crippen LogP contribution in [0.1, 0.15) is 86.2 Å². The molecule has 4 nitrogen and oxygen atoms in total. The first kappa shape index (κ1) is 32.3. The molecule has 1 aliphatic heterocycles. The third-order valence-electron chi connectivity index (χ3n) is 9.05. The van der Waals surface area contributed by atoms with Crippen molar-refractivity contribution in [2.75, 3.05) is 14.2 Å². The number of rotatable bonds is 12. The van der Waals surface area contributed by atoms with Crippen LogP contribution in [0.5, 0.6) is 5.75 Å². The molecular formula is C37H44F2O4S. The zero-order valence-corrected chi connectivity index (χ0v) is 26.9. The molecule has 0 N–H and O–H groups in total. The lowest BCUT2D eigenvalue weighted by Crippen LogP contribution is -2.22. The summed E-state index contributed by atoms with van der Waals surface area (Å²) in [5.74, 6) is 2.74. The van der Waals surface area contributed by atoms with Crippen molar-refractivity contribution < 1.29 is 27.8 Å². The molecule has 2 aromatic rings. The van der Waals surface area contributed by atoms with Gasteiger partial charge in [-0.05, 0) is 78.3 Å². The normalized spacial score (nSPS) is 20.4. The van der Waals surface area contributed by atoms with Gasteiger partial charge in [0.05, 0.1) is 20.0 Å². The average Bonchev–Trinajstić information content (AvgIpc) is 3.35. The Hall–Kier alpha value is -3.06. The van der Waals surface area contributed by atoms with Crippen molar-refractivity contribution in [2.45, 2.75) is 88.9 Å². The van der Waals surface area contributed by atoms with Gasteiger partial charge in [0, 0.05) is 42.1 Å². The third kappa shape index (κ3) is 8.56. The molecule has 0 bridgehead atoms. The zero-order valence-electron chi connectivity index (χ0n) is 26.1. The highest BCUT2D eigenvalue weighted by Gasteiger charge is 2.31. The van der Waals surface area contributed by atoms with Crippen LogP contribution in [0.2, 0.25) is 0 Å². The predicted molar refractivity (Wildman–Crippen MR) is 173 cm³/mol. The van der Waals surface area contributed by atoms with Crippen molar-refractivity contribution in [3.05, 3.63) is 99.4 Å². The van der Waals surface area contributed by atoms with Gasteiger partial charge in [0.25, 0.3) is 0 Å². The molecule has 1 fully saturated rings. The fraction of sp³-hybridized carbons (Fsp3) is 0.486. The van der Waals surface area contributed by atoms with E-state index in [-0.39, 0.29) is 28.6 Å². The molecule has 236 valence electrons. The minimum absolute atomic E-state index is 0.138. The number of hydrogen-bond donors (Lipinski definition) is 0. The van der Waals surface area contributed by atoms with Gasteiger partial charge in [0.1, 0.15) is 11.5 Å². The molecule has 0 saturated heterocycles. The number of thioether (sulfide) groups is 1. The summed E-state index contributed by atoms with van der Waals surface area (Å²) in [5.41, 5.74) is 5.28. The van der Waals surface area contributed by atoms with E-state index in [4.69, 9.17) is 14.2 Å². The van der Waals surface area contributed by atoms with Crippen molar-refractivity contribution in [3.8, 4) is 5.75 Å². The molecule has 1 heterocycles. The quantitative estimate of drug-likeness (QED) is 0.174. The summed E-state index contributed by atoms with van der Waals surface area (Å²) in [6.45, 7) is 0.757. The summed E-state index contributed by atoms with van der Waals surface area (Å²) in [7, 11) is 3.43. The first-order chi connectivity index (χ1) is 21.2. The van der Waals surface area contributed by atoms with Crippen molar-refractivity contribution in [3.63, 3.8) is 0 Å². The van der Waals surface area contributed by atoms with Gasteiger partial charge in [0.2, 0.25) is 0 Å². The number of carbonyl (C=O) groups is 1. The van der Waals surface area contributed by atoms with Gasteiger partial charge in [-0.15, -0.1) is 11.8 Å². The highest BCUT2D eigenvalue weighted by atomic mass is 32.2. The number of carbonyl (C=O) groups excluding carboxylic acids is 1. The van der Waals surface area contributed by atoms with Crippen LogP contribution in [-0.2, 0) is 22.3 Å². The van der Waals surface area contributed by atoms with Crippen LogP contribution in [0, 0.1) is 11.8 Å². The molecule has 0 spiro atoms. The molecule has 2 aliphatic carbocycles. The first-order valence-corrected chi connectivity index (χ1v) is 16.8. The second kappa shape index (κ2) is 14.8. The standard InChI is InChI=1S/C37H44F2O4S/c1-37(38,39)43-32-12-8-9-26(21-32)20-29(35-22-30(24-44-35)33-23-31(41-2)17-18-34(33)42-3)19-25-13-15-28(16-14-25)36(40)27-10-6-4-5-7-11-27/h8-9,12-16,21,23-24,27,29,35H,4-7,10-11,17-20,22H2,1-3H3. The van der Waals surface area contributed by atoms with E-state index in [2.05, 4.69) is 23.6 Å². The van der Waals surface area contributed by atoms with E-state index < -0.39 is 6.11 Å². The fourth-order valence-electron chi connectivity index (χ4n) is 6.73. The number of alkyl halides is 2. The van der Waals surface area contributed by atoms with Gasteiger partial charge >= 0.3 is 6.11 Å². The van der Waals surface area contributed by atoms with E-state index in [0.29, 0.717) is 6.42 Å². The Morgan fingerprint density at radius 2 is 1.68 bits per heavy atom. The summed E-state index contributed by atoms with van der Waals surface area (Å²) < 4.78 is 43.4. The Labute approximate surface area is 264 Å². The largest absolute Gasteiger partial charge is 0.501 e. The molecule has 44 heavy (non-hydrogen) atoms. The van der Waals surface area contributed by atoms with Crippen molar-refractivity contribution in [1.82, 2.24) is 0 Å². The maximum absolute atomic E-state index is 13.6. The van der Waals surface area contributed by atoms with Gasteiger partial charge < -0.3 is 14.2 Å². The first-order valence-electron chi connectivity index (χ1n) is 15.9. The summed E-state index contributed by atoms with van der Waals surface area (Å²) in [6.07, 6.45) is 9.59. The summed E-state index contributed by atoms with van der Waals surface area (Å²) in [4.78, 5) is 13.2. The fourth-order valence-corrected chi connectivity index (χ4v) is 7.98. The Morgan fingerprint density at radius 3 is 2.36 bits per heavy atom. The average molecular weight is 623 g/mol. The van der Waals surface area contributed by atoms with Crippen LogP contribution in [0.25, 0.3) is 0 Å². The number of halogens is 2. The number of benzene rings is 2. The molecular weight excluding hydrogens is 578 g/mol. The van der Waals surface area contributed by atoms with Gasteiger partial charge in [-0.3, -0.25) is 4.79 Å². The van der Waals surface area contributed by atoms with Crippen molar-refractivity contribution in [2.24, 2.45) is 11.8 Å². The maximum Gasteiger partial charge on any atom is 0.394 e. The third-order valence-corrected chi connectivity index (χ3v) is 10.4. The van der Waals surface area contributed by atoms with E-state index in [1.165, 1.54) is 24.0 Å². The molecule has 2 unspecified atom stereocenters. The van der Waals surface area contributed by atoms with Crippen LogP contribution in [-0.4, -0.2) is 31.4 Å². The second-order valence-electron chi connectivity index (χ2n) is 12.4. The van der Waals surface area contributed by atoms with Crippen LogP contribution in [0.4, 0.5) is 8.78 Å². The van der Waals surface area contributed by atoms with Gasteiger partial charge in [-0.1, -0.05) is 62.1 Å². The SMILES string of the molecule is COC1=CC(C2=CSC(C(Cc3ccc(C(=O)C4CCCCCC4)cc3)Cc3cccc(OC(C)(F)F)c3)C2)=C(OC)CC1. The number of ketones is 1. The molecule has 3 aliphatic rings. The lowest BCUT2D eigenvalue weighted by atomic mass is 9.85. The Bertz CT molecular complexity index is 1380. The maximum atomic E-state index is 13.6. The van der Waals surface area contributed by atoms with Gasteiger partial charge in [-0.25, -0.2) is 0 Å². The molecule has 2 aromatic carbocycles. The number of hydrogen-bond acceptors (Lipinski definition) is 5. The number of allylic oxidation sites excluding steroid dienone is 5. The summed E-state index contributed by atoms with van der Waals surface area (Å²) in [5, 5.41) is 2.52. The predicted octanol–water partition coefficient (Wildman–Crippen LogP) is 9.85. The number of Topliss-reactive ketones (excluding diaryl/α,β-unsaturated/α-hetero) is 1. The molecule has 2 atom stereocenters. The molecule has 0 amide bonds. The van der Waals surface area contributed by atoms with Crippen molar-refractivity contribution in [1.29, 1.82) is 0 Å². The topological polar surface area (TPSA) is 44.8 Å². The highest BCUT2D eigenvalue weighted by molar-refractivity contribution is 8.03. The monoisotopic (exact) mass is 622 g/mol. The Kier molecular flexibility index (Phi) is 10.9. The van der Waals surface area contributed by atoms with Crippen LogP contribution < -0.4 is 4.74 Å². The Balaban J connectivity index is 1.35.